The van der Waals surface area contributed by atoms with Crippen LogP contribution in [0.5, 0.6) is 0 Å². The Hall–Kier alpha value is -2.07. The van der Waals surface area contributed by atoms with E-state index < -0.39 is 17.3 Å². The van der Waals surface area contributed by atoms with E-state index in [1.807, 2.05) is 0 Å². The Morgan fingerprint density at radius 1 is 1.24 bits per heavy atom. The van der Waals surface area contributed by atoms with E-state index in [0.717, 1.165) is 0 Å². The van der Waals surface area contributed by atoms with Gasteiger partial charge in [-0.05, 0) is 42.8 Å². The molecule has 3 nitrogen and oxygen atoms in total. The predicted molar refractivity (Wildman–Crippen MR) is 80.8 cm³/mol. The third kappa shape index (κ3) is 3.34. The van der Waals surface area contributed by atoms with Crippen molar-refractivity contribution in [3.05, 3.63) is 64.9 Å². The molecular weight excluding hydrogens is 293 g/mol. The summed E-state index contributed by atoms with van der Waals surface area (Å²) >= 11 is 5.99. The highest BCUT2D eigenvalue weighted by Gasteiger charge is 2.36. The average molecular weight is 308 g/mol. The van der Waals surface area contributed by atoms with Gasteiger partial charge in [-0.25, -0.2) is 9.18 Å². The van der Waals surface area contributed by atoms with Gasteiger partial charge < -0.3 is 10.1 Å². The summed E-state index contributed by atoms with van der Waals surface area (Å²) in [5, 5.41) is 3.52. The molecule has 2 rings (SSSR count). The first-order valence-corrected chi connectivity index (χ1v) is 6.72. The lowest BCUT2D eigenvalue weighted by molar-refractivity contribution is -0.145. The molecule has 0 aliphatic rings. The number of hydrogen-bond acceptors (Lipinski definition) is 3. The normalized spacial score (nSPS) is 13.3. The van der Waals surface area contributed by atoms with E-state index in [1.54, 1.807) is 43.3 Å². The summed E-state index contributed by atoms with van der Waals surface area (Å²) in [5.41, 5.74) is -0.0676. The van der Waals surface area contributed by atoms with Gasteiger partial charge >= 0.3 is 5.97 Å². The number of benzene rings is 2. The summed E-state index contributed by atoms with van der Waals surface area (Å²) in [4.78, 5) is 12.2. The van der Waals surface area contributed by atoms with Crippen LogP contribution in [0, 0.1) is 5.82 Å². The van der Waals surface area contributed by atoms with E-state index in [1.165, 1.54) is 19.2 Å². The second kappa shape index (κ2) is 6.14. The highest BCUT2D eigenvalue weighted by Crippen LogP contribution is 2.29. The standard InChI is InChI=1S/C16H15ClFNO2/c1-16(15(20)21-2,11-5-3-6-12(17)9-11)19-14-8-4-7-13(18)10-14/h3-10,19H,1-2H3. The van der Waals surface area contributed by atoms with E-state index in [9.17, 15) is 9.18 Å². The molecule has 2 aromatic carbocycles. The van der Waals surface area contributed by atoms with Crippen LogP contribution in [-0.4, -0.2) is 13.1 Å². The van der Waals surface area contributed by atoms with Crippen molar-refractivity contribution in [3.8, 4) is 0 Å². The molecule has 0 aliphatic heterocycles. The van der Waals surface area contributed by atoms with Crippen LogP contribution in [0.2, 0.25) is 5.02 Å². The topological polar surface area (TPSA) is 38.3 Å². The van der Waals surface area contributed by atoms with E-state index >= 15 is 0 Å². The molecule has 5 heteroatoms. The van der Waals surface area contributed by atoms with Crippen LogP contribution in [0.3, 0.4) is 0 Å². The van der Waals surface area contributed by atoms with Crippen LogP contribution < -0.4 is 5.32 Å². The van der Waals surface area contributed by atoms with Crippen molar-refractivity contribution in [2.45, 2.75) is 12.5 Å². The molecule has 2 aromatic rings. The lowest BCUT2D eigenvalue weighted by Gasteiger charge is -2.29. The fourth-order valence-corrected chi connectivity index (χ4v) is 2.29. The molecule has 0 amide bonds. The van der Waals surface area contributed by atoms with Crippen molar-refractivity contribution in [1.82, 2.24) is 0 Å². The van der Waals surface area contributed by atoms with Gasteiger partial charge in [-0.15, -0.1) is 0 Å². The van der Waals surface area contributed by atoms with Crippen LogP contribution in [0.4, 0.5) is 10.1 Å². The lowest BCUT2D eigenvalue weighted by atomic mass is 9.91. The fourth-order valence-electron chi connectivity index (χ4n) is 2.10. The summed E-state index contributed by atoms with van der Waals surface area (Å²) in [6.07, 6.45) is 0. The van der Waals surface area contributed by atoms with Crippen LogP contribution in [-0.2, 0) is 15.1 Å². The smallest absolute Gasteiger partial charge is 0.335 e. The predicted octanol–water partition coefficient (Wildman–Crippen LogP) is 3.98. The Balaban J connectivity index is 2.45. The first-order valence-electron chi connectivity index (χ1n) is 6.34. The molecule has 0 saturated carbocycles. The van der Waals surface area contributed by atoms with Gasteiger partial charge in [-0.2, -0.15) is 0 Å². The molecule has 0 radical (unpaired) electrons. The van der Waals surface area contributed by atoms with Crippen molar-refractivity contribution in [3.63, 3.8) is 0 Å². The van der Waals surface area contributed by atoms with Gasteiger partial charge in [0.1, 0.15) is 5.82 Å². The molecule has 21 heavy (non-hydrogen) atoms. The third-order valence-corrected chi connectivity index (χ3v) is 3.45. The van der Waals surface area contributed by atoms with Crippen molar-refractivity contribution in [2.24, 2.45) is 0 Å². The average Bonchev–Trinajstić information content (AvgIpc) is 2.46. The van der Waals surface area contributed by atoms with Crippen molar-refractivity contribution in [1.29, 1.82) is 0 Å². The van der Waals surface area contributed by atoms with E-state index in [0.29, 0.717) is 16.3 Å². The van der Waals surface area contributed by atoms with Gasteiger partial charge in [0.2, 0.25) is 0 Å². The van der Waals surface area contributed by atoms with Crippen molar-refractivity contribution >= 4 is 23.3 Å². The summed E-state index contributed by atoms with van der Waals surface area (Å²) in [7, 11) is 1.30. The lowest BCUT2D eigenvalue weighted by Crippen LogP contribution is -2.41. The molecular formula is C16H15ClFNO2. The number of nitrogens with one attached hydrogen (secondary N) is 1. The Kier molecular flexibility index (Phi) is 4.48. The highest BCUT2D eigenvalue weighted by molar-refractivity contribution is 6.30. The van der Waals surface area contributed by atoms with Crippen molar-refractivity contribution in [2.75, 3.05) is 12.4 Å². The number of carbonyl (C=O) groups is 1. The van der Waals surface area contributed by atoms with Crippen LogP contribution >= 0.6 is 11.6 Å². The second-order valence-corrected chi connectivity index (χ2v) is 5.20. The minimum absolute atomic E-state index is 0.390. The molecule has 1 N–H and O–H groups in total. The van der Waals surface area contributed by atoms with Crippen molar-refractivity contribution < 1.29 is 13.9 Å². The maximum Gasteiger partial charge on any atom is 0.335 e. The molecule has 0 aromatic heterocycles. The Morgan fingerprint density at radius 3 is 2.57 bits per heavy atom. The van der Waals surface area contributed by atoms with Crippen LogP contribution in [0.1, 0.15) is 12.5 Å². The van der Waals surface area contributed by atoms with Gasteiger partial charge in [0.05, 0.1) is 7.11 Å². The Bertz CT molecular complexity index is 662. The van der Waals surface area contributed by atoms with Gasteiger partial charge in [-0.3, -0.25) is 0 Å². The van der Waals surface area contributed by atoms with E-state index in [2.05, 4.69) is 5.32 Å². The maximum absolute atomic E-state index is 13.3. The largest absolute Gasteiger partial charge is 0.467 e. The number of hydrogen-bond donors (Lipinski definition) is 1. The zero-order valence-electron chi connectivity index (χ0n) is 11.7. The molecule has 0 fully saturated rings. The summed E-state index contributed by atoms with van der Waals surface area (Å²) in [6, 6.07) is 12.8. The fraction of sp³-hybridized carbons (Fsp3) is 0.188. The molecule has 0 spiro atoms. The van der Waals surface area contributed by atoms with Crippen LogP contribution in [0.15, 0.2) is 48.5 Å². The molecule has 1 unspecified atom stereocenters. The maximum atomic E-state index is 13.3. The Labute approximate surface area is 127 Å². The Morgan fingerprint density at radius 2 is 1.95 bits per heavy atom. The third-order valence-electron chi connectivity index (χ3n) is 3.21. The van der Waals surface area contributed by atoms with Crippen LogP contribution in [0.25, 0.3) is 0 Å². The number of rotatable bonds is 4. The first kappa shape index (κ1) is 15.3. The second-order valence-electron chi connectivity index (χ2n) is 4.76. The number of esters is 1. The monoisotopic (exact) mass is 307 g/mol. The number of ether oxygens (including phenoxy) is 1. The molecule has 1 atom stereocenters. The number of anilines is 1. The molecule has 0 saturated heterocycles. The minimum Gasteiger partial charge on any atom is -0.467 e. The number of methoxy groups -OCH3 is 1. The number of halogens is 2. The van der Waals surface area contributed by atoms with Gasteiger partial charge in [0.15, 0.2) is 5.54 Å². The van der Waals surface area contributed by atoms with E-state index in [4.69, 9.17) is 16.3 Å². The zero-order chi connectivity index (χ0) is 15.5. The highest BCUT2D eigenvalue weighted by atomic mass is 35.5. The zero-order valence-corrected chi connectivity index (χ0v) is 12.4. The quantitative estimate of drug-likeness (QED) is 0.868. The molecule has 0 heterocycles. The SMILES string of the molecule is COC(=O)C(C)(Nc1cccc(F)c1)c1cccc(Cl)c1. The molecule has 0 bridgehead atoms. The van der Waals surface area contributed by atoms with Gasteiger partial charge in [0.25, 0.3) is 0 Å². The minimum atomic E-state index is -1.17. The first-order chi connectivity index (χ1) is 9.95. The van der Waals surface area contributed by atoms with E-state index in [-0.39, 0.29) is 0 Å². The summed E-state index contributed by atoms with van der Waals surface area (Å²) in [5.74, 6) is -0.882. The molecule has 110 valence electrons. The molecule has 0 aliphatic carbocycles. The summed E-state index contributed by atoms with van der Waals surface area (Å²) < 4.78 is 18.2. The number of carbonyl (C=O) groups excluding carboxylic acids is 1. The van der Waals surface area contributed by atoms with Gasteiger partial charge in [0, 0.05) is 10.7 Å². The van der Waals surface area contributed by atoms with Gasteiger partial charge in [-0.1, -0.05) is 29.8 Å². The summed E-state index contributed by atoms with van der Waals surface area (Å²) in [6.45, 7) is 1.66.